The Balaban J connectivity index is 0.000000236. The van der Waals surface area contributed by atoms with E-state index >= 15 is 0 Å². The number of carbonyl (C=O) groups excluding carboxylic acids is 1. The second kappa shape index (κ2) is 6.49. The monoisotopic (exact) mass is 143 g/mol. The SMILES string of the molecule is C=C=O.CN1CCOCC1. The molecule has 1 saturated heterocycles. The van der Waals surface area contributed by atoms with Gasteiger partial charge in [-0.1, -0.05) is 0 Å². The molecule has 10 heavy (non-hydrogen) atoms. The highest BCUT2D eigenvalue weighted by Crippen LogP contribution is 1.89. The normalized spacial score (nSPS) is 18.5. The fourth-order valence-electron chi connectivity index (χ4n) is 0.655. The lowest BCUT2D eigenvalue weighted by Crippen LogP contribution is -2.32. The van der Waals surface area contributed by atoms with Gasteiger partial charge in [0.1, 0.15) is 5.94 Å². The van der Waals surface area contributed by atoms with Gasteiger partial charge < -0.3 is 9.64 Å². The van der Waals surface area contributed by atoms with Crippen molar-refractivity contribution in [1.82, 2.24) is 4.90 Å². The van der Waals surface area contributed by atoms with Crippen LogP contribution in [0.1, 0.15) is 0 Å². The largest absolute Gasteiger partial charge is 0.379 e. The van der Waals surface area contributed by atoms with Gasteiger partial charge in [0.15, 0.2) is 0 Å². The van der Waals surface area contributed by atoms with Crippen molar-refractivity contribution in [3.63, 3.8) is 0 Å². The number of likely N-dealkylation sites (N-methyl/N-ethyl adjacent to an activating group) is 1. The molecule has 0 N–H and O–H groups in total. The fraction of sp³-hybridized carbons (Fsp3) is 0.714. The number of nitrogens with zero attached hydrogens (tertiary/aromatic N) is 1. The van der Waals surface area contributed by atoms with Crippen LogP contribution >= 0.6 is 0 Å². The summed E-state index contributed by atoms with van der Waals surface area (Å²) in [6, 6.07) is 0. The average molecular weight is 143 g/mol. The number of morpholine rings is 1. The third-order valence-corrected chi connectivity index (χ3v) is 1.23. The highest BCUT2D eigenvalue weighted by atomic mass is 16.5. The van der Waals surface area contributed by atoms with Crippen LogP contribution in [0.2, 0.25) is 0 Å². The second-order valence-corrected chi connectivity index (χ2v) is 2.06. The molecule has 0 atom stereocenters. The number of ether oxygens (including phenoxy) is 1. The van der Waals surface area contributed by atoms with E-state index in [1.54, 1.807) is 0 Å². The molecule has 0 amide bonds. The smallest absolute Gasteiger partial charge is 0.116 e. The molecule has 0 aliphatic carbocycles. The predicted molar refractivity (Wildman–Crippen MR) is 39.6 cm³/mol. The van der Waals surface area contributed by atoms with Crippen LogP contribution in [0.3, 0.4) is 0 Å². The first-order valence-corrected chi connectivity index (χ1v) is 3.21. The van der Waals surface area contributed by atoms with E-state index in [4.69, 9.17) is 9.53 Å². The van der Waals surface area contributed by atoms with E-state index in [1.165, 1.54) is 5.94 Å². The van der Waals surface area contributed by atoms with Crippen molar-refractivity contribution in [2.75, 3.05) is 33.4 Å². The minimum absolute atomic E-state index is 0.913. The van der Waals surface area contributed by atoms with Gasteiger partial charge >= 0.3 is 0 Å². The van der Waals surface area contributed by atoms with Gasteiger partial charge in [-0.2, -0.15) is 0 Å². The first-order chi connectivity index (χ1) is 4.81. The zero-order chi connectivity index (χ0) is 7.82. The summed E-state index contributed by atoms with van der Waals surface area (Å²) in [5, 5.41) is 0. The third-order valence-electron chi connectivity index (χ3n) is 1.23. The summed E-state index contributed by atoms with van der Waals surface area (Å²) in [5.74, 6) is 1.25. The van der Waals surface area contributed by atoms with Crippen molar-refractivity contribution in [2.24, 2.45) is 0 Å². The molecule has 3 heteroatoms. The molecule has 0 unspecified atom stereocenters. The van der Waals surface area contributed by atoms with Gasteiger partial charge in [-0.25, -0.2) is 4.79 Å². The van der Waals surface area contributed by atoms with Crippen molar-refractivity contribution in [2.45, 2.75) is 0 Å². The van der Waals surface area contributed by atoms with Crippen molar-refractivity contribution in [1.29, 1.82) is 0 Å². The molecule has 0 aromatic heterocycles. The Labute approximate surface area is 61.3 Å². The molecule has 0 bridgehead atoms. The third kappa shape index (κ3) is 5.51. The van der Waals surface area contributed by atoms with Crippen LogP contribution < -0.4 is 0 Å². The summed E-state index contributed by atoms with van der Waals surface area (Å²) in [5.41, 5.74) is 0. The van der Waals surface area contributed by atoms with Crippen LogP contribution in [-0.4, -0.2) is 44.2 Å². The van der Waals surface area contributed by atoms with Crippen LogP contribution in [0.5, 0.6) is 0 Å². The van der Waals surface area contributed by atoms with Gasteiger partial charge in [-0.15, -0.1) is 0 Å². The van der Waals surface area contributed by atoms with Crippen molar-refractivity contribution in [3.05, 3.63) is 6.58 Å². The molecule has 3 nitrogen and oxygen atoms in total. The molecule has 1 fully saturated rings. The van der Waals surface area contributed by atoms with E-state index in [9.17, 15) is 0 Å². The van der Waals surface area contributed by atoms with E-state index in [1.807, 2.05) is 0 Å². The van der Waals surface area contributed by atoms with Gasteiger partial charge in [0.2, 0.25) is 0 Å². The molecule has 1 aliphatic heterocycles. The van der Waals surface area contributed by atoms with Crippen LogP contribution in [0.15, 0.2) is 6.58 Å². The molecular formula is C7H13NO2. The molecule has 1 rings (SSSR count). The molecule has 58 valence electrons. The molecule has 0 saturated carbocycles. The lowest BCUT2D eigenvalue weighted by molar-refractivity contribution is 0.0503. The fourth-order valence-corrected chi connectivity index (χ4v) is 0.655. The molecule has 0 aromatic carbocycles. The number of hydrogen-bond acceptors (Lipinski definition) is 3. The lowest BCUT2D eigenvalue weighted by Gasteiger charge is -2.21. The van der Waals surface area contributed by atoms with Crippen LogP contribution in [-0.2, 0) is 9.53 Å². The van der Waals surface area contributed by atoms with E-state index in [0.717, 1.165) is 26.3 Å². The zero-order valence-corrected chi connectivity index (χ0v) is 6.30. The van der Waals surface area contributed by atoms with Crippen LogP contribution in [0.4, 0.5) is 0 Å². The highest BCUT2D eigenvalue weighted by Gasteiger charge is 2.02. The molecule has 1 aliphatic rings. The Morgan fingerprint density at radius 3 is 2.10 bits per heavy atom. The molecule has 0 spiro atoms. The topological polar surface area (TPSA) is 29.5 Å². The molecule has 0 radical (unpaired) electrons. The first-order valence-electron chi connectivity index (χ1n) is 3.21. The molecule has 0 aromatic rings. The molecule has 1 heterocycles. The summed E-state index contributed by atoms with van der Waals surface area (Å²) < 4.78 is 5.10. The quantitative estimate of drug-likeness (QED) is 0.445. The van der Waals surface area contributed by atoms with E-state index in [0.29, 0.717) is 0 Å². The summed E-state index contributed by atoms with van der Waals surface area (Å²) >= 11 is 0. The van der Waals surface area contributed by atoms with E-state index in [2.05, 4.69) is 18.5 Å². The summed E-state index contributed by atoms with van der Waals surface area (Å²) in [6.45, 7) is 6.70. The van der Waals surface area contributed by atoms with Crippen molar-refractivity contribution >= 4 is 5.94 Å². The van der Waals surface area contributed by atoms with Crippen molar-refractivity contribution < 1.29 is 9.53 Å². The average Bonchev–Trinajstić information content (AvgIpc) is 1.91. The van der Waals surface area contributed by atoms with E-state index < -0.39 is 0 Å². The Bertz CT molecular complexity index is 102. The maximum absolute atomic E-state index is 8.57. The van der Waals surface area contributed by atoms with Crippen LogP contribution in [0.25, 0.3) is 0 Å². The summed E-state index contributed by atoms with van der Waals surface area (Å²) in [4.78, 5) is 10.8. The Kier molecular flexibility index (Phi) is 6.08. The first kappa shape index (κ1) is 9.37. The van der Waals surface area contributed by atoms with Crippen molar-refractivity contribution in [3.8, 4) is 0 Å². The zero-order valence-electron chi connectivity index (χ0n) is 6.30. The van der Waals surface area contributed by atoms with Gasteiger partial charge in [0.25, 0.3) is 0 Å². The maximum Gasteiger partial charge on any atom is 0.116 e. The number of rotatable bonds is 0. The van der Waals surface area contributed by atoms with Gasteiger partial charge in [0.05, 0.1) is 13.2 Å². The minimum atomic E-state index is 0.913. The Morgan fingerprint density at radius 1 is 1.50 bits per heavy atom. The summed E-state index contributed by atoms with van der Waals surface area (Å²) in [7, 11) is 2.11. The van der Waals surface area contributed by atoms with Gasteiger partial charge in [-0.05, 0) is 13.6 Å². The number of hydrogen-bond donors (Lipinski definition) is 0. The van der Waals surface area contributed by atoms with Crippen LogP contribution in [0, 0.1) is 0 Å². The maximum atomic E-state index is 8.57. The Hall–Kier alpha value is -0.630. The lowest BCUT2D eigenvalue weighted by atomic mass is 10.5. The van der Waals surface area contributed by atoms with Gasteiger partial charge in [-0.3, -0.25) is 0 Å². The second-order valence-electron chi connectivity index (χ2n) is 2.06. The minimum Gasteiger partial charge on any atom is -0.379 e. The Morgan fingerprint density at radius 2 is 1.90 bits per heavy atom. The van der Waals surface area contributed by atoms with Gasteiger partial charge in [0, 0.05) is 13.1 Å². The molecular weight excluding hydrogens is 130 g/mol. The van der Waals surface area contributed by atoms with E-state index in [-0.39, 0.29) is 0 Å². The predicted octanol–water partition coefficient (Wildman–Crippen LogP) is -0.0476. The highest BCUT2D eigenvalue weighted by molar-refractivity contribution is 5.38. The summed E-state index contributed by atoms with van der Waals surface area (Å²) in [6.07, 6.45) is 0. The standard InChI is InChI=1S/C5H11NO.C2H2O/c1-6-2-4-7-5-3-6;1-2-3/h2-5H2,1H3;1H2.